The lowest BCUT2D eigenvalue weighted by atomic mass is 9.86. The SMILES string of the molecule is NCC1CCCC1CNC(=O)CCC1CCCCC1. The zero-order valence-electron chi connectivity index (χ0n) is 12.2. The molecule has 2 aliphatic carbocycles. The fourth-order valence-electron chi connectivity index (χ4n) is 3.84. The van der Waals surface area contributed by atoms with Crippen molar-refractivity contribution in [3.63, 3.8) is 0 Å². The van der Waals surface area contributed by atoms with Crippen molar-refractivity contribution in [1.29, 1.82) is 0 Å². The zero-order chi connectivity index (χ0) is 13.5. The summed E-state index contributed by atoms with van der Waals surface area (Å²) in [6.07, 6.45) is 12.4. The van der Waals surface area contributed by atoms with Crippen LogP contribution in [0.3, 0.4) is 0 Å². The number of carbonyl (C=O) groups excluding carboxylic acids is 1. The lowest BCUT2D eigenvalue weighted by molar-refractivity contribution is -0.121. The molecular weight excluding hydrogens is 236 g/mol. The van der Waals surface area contributed by atoms with Crippen LogP contribution in [0.15, 0.2) is 0 Å². The molecule has 2 fully saturated rings. The zero-order valence-corrected chi connectivity index (χ0v) is 12.2. The van der Waals surface area contributed by atoms with Gasteiger partial charge in [0.25, 0.3) is 0 Å². The fourth-order valence-corrected chi connectivity index (χ4v) is 3.84. The van der Waals surface area contributed by atoms with Crippen LogP contribution in [0.1, 0.15) is 64.2 Å². The van der Waals surface area contributed by atoms with Crippen LogP contribution in [0.25, 0.3) is 0 Å². The Morgan fingerprint density at radius 3 is 2.47 bits per heavy atom. The smallest absolute Gasteiger partial charge is 0.220 e. The van der Waals surface area contributed by atoms with Gasteiger partial charge in [0.1, 0.15) is 0 Å². The molecule has 0 aromatic carbocycles. The molecule has 1 amide bonds. The predicted octanol–water partition coefficient (Wildman–Crippen LogP) is 2.84. The summed E-state index contributed by atoms with van der Waals surface area (Å²) in [4.78, 5) is 11.9. The van der Waals surface area contributed by atoms with Crippen LogP contribution >= 0.6 is 0 Å². The van der Waals surface area contributed by atoms with Crippen molar-refractivity contribution in [2.45, 2.75) is 64.2 Å². The summed E-state index contributed by atoms with van der Waals surface area (Å²) in [6, 6.07) is 0. The molecule has 3 heteroatoms. The first-order chi connectivity index (χ1) is 9.29. The van der Waals surface area contributed by atoms with Crippen LogP contribution < -0.4 is 11.1 Å². The highest BCUT2D eigenvalue weighted by molar-refractivity contribution is 5.75. The summed E-state index contributed by atoms with van der Waals surface area (Å²) >= 11 is 0. The third-order valence-corrected chi connectivity index (χ3v) is 5.19. The molecule has 3 N–H and O–H groups in total. The van der Waals surface area contributed by atoms with Crippen LogP contribution in [0.4, 0.5) is 0 Å². The summed E-state index contributed by atoms with van der Waals surface area (Å²) < 4.78 is 0. The standard InChI is InChI=1S/C16H30N2O/c17-11-14-7-4-8-15(14)12-18-16(19)10-9-13-5-2-1-3-6-13/h13-15H,1-12,17H2,(H,18,19). The molecule has 0 aromatic heterocycles. The normalized spacial score (nSPS) is 28.5. The van der Waals surface area contributed by atoms with Gasteiger partial charge in [-0.2, -0.15) is 0 Å². The summed E-state index contributed by atoms with van der Waals surface area (Å²) in [5.74, 6) is 2.33. The van der Waals surface area contributed by atoms with Crippen molar-refractivity contribution >= 4 is 5.91 Å². The van der Waals surface area contributed by atoms with Crippen molar-refractivity contribution in [2.24, 2.45) is 23.5 Å². The molecule has 2 saturated carbocycles. The van der Waals surface area contributed by atoms with E-state index in [4.69, 9.17) is 5.73 Å². The Morgan fingerprint density at radius 1 is 1.00 bits per heavy atom. The van der Waals surface area contributed by atoms with Crippen LogP contribution in [0.2, 0.25) is 0 Å². The average molecular weight is 266 g/mol. The first-order valence-electron chi connectivity index (χ1n) is 8.26. The summed E-state index contributed by atoms with van der Waals surface area (Å²) in [5, 5.41) is 3.13. The van der Waals surface area contributed by atoms with E-state index in [0.717, 1.165) is 31.8 Å². The van der Waals surface area contributed by atoms with E-state index in [9.17, 15) is 4.79 Å². The largest absolute Gasteiger partial charge is 0.356 e. The Morgan fingerprint density at radius 2 is 1.74 bits per heavy atom. The molecule has 2 atom stereocenters. The molecule has 0 bridgehead atoms. The van der Waals surface area contributed by atoms with Crippen LogP contribution in [-0.4, -0.2) is 19.0 Å². The topological polar surface area (TPSA) is 55.1 Å². The molecule has 2 rings (SSSR count). The predicted molar refractivity (Wildman–Crippen MR) is 78.7 cm³/mol. The van der Waals surface area contributed by atoms with Gasteiger partial charge in [0.2, 0.25) is 5.91 Å². The third kappa shape index (κ3) is 4.79. The van der Waals surface area contributed by atoms with Gasteiger partial charge in [-0.3, -0.25) is 4.79 Å². The number of nitrogens with one attached hydrogen (secondary N) is 1. The van der Waals surface area contributed by atoms with Crippen LogP contribution in [0.5, 0.6) is 0 Å². The van der Waals surface area contributed by atoms with Gasteiger partial charge < -0.3 is 11.1 Å². The molecule has 2 unspecified atom stereocenters. The van der Waals surface area contributed by atoms with E-state index in [1.807, 2.05) is 0 Å². The van der Waals surface area contributed by atoms with Crippen LogP contribution in [0, 0.1) is 17.8 Å². The first kappa shape index (κ1) is 14.8. The fraction of sp³-hybridized carbons (Fsp3) is 0.938. The Bertz CT molecular complexity index is 274. The minimum Gasteiger partial charge on any atom is -0.356 e. The second-order valence-electron chi connectivity index (χ2n) is 6.53. The molecule has 0 spiro atoms. The van der Waals surface area contributed by atoms with E-state index in [-0.39, 0.29) is 5.91 Å². The number of hydrogen-bond acceptors (Lipinski definition) is 2. The van der Waals surface area contributed by atoms with Gasteiger partial charge in [0.05, 0.1) is 0 Å². The van der Waals surface area contributed by atoms with E-state index in [1.54, 1.807) is 0 Å². The second kappa shape index (κ2) is 7.88. The molecule has 0 aromatic rings. The highest BCUT2D eigenvalue weighted by atomic mass is 16.1. The molecule has 110 valence electrons. The van der Waals surface area contributed by atoms with E-state index in [1.165, 1.54) is 51.4 Å². The maximum absolute atomic E-state index is 11.9. The van der Waals surface area contributed by atoms with Gasteiger partial charge in [-0.25, -0.2) is 0 Å². The lowest BCUT2D eigenvalue weighted by Crippen LogP contribution is -2.33. The highest BCUT2D eigenvalue weighted by Crippen LogP contribution is 2.30. The quantitative estimate of drug-likeness (QED) is 0.776. The van der Waals surface area contributed by atoms with Crippen molar-refractivity contribution < 1.29 is 4.79 Å². The number of nitrogens with two attached hydrogens (primary N) is 1. The Labute approximate surface area is 117 Å². The van der Waals surface area contributed by atoms with E-state index < -0.39 is 0 Å². The average Bonchev–Trinajstić information content (AvgIpc) is 2.91. The maximum atomic E-state index is 11.9. The second-order valence-corrected chi connectivity index (χ2v) is 6.53. The molecule has 0 aliphatic heterocycles. The van der Waals surface area contributed by atoms with Gasteiger partial charge in [0.15, 0.2) is 0 Å². The number of carbonyl (C=O) groups is 1. The Balaban J connectivity index is 1.58. The van der Waals surface area contributed by atoms with Gasteiger partial charge >= 0.3 is 0 Å². The molecule has 0 heterocycles. The Hall–Kier alpha value is -0.570. The van der Waals surface area contributed by atoms with Crippen LogP contribution in [-0.2, 0) is 4.79 Å². The summed E-state index contributed by atoms with van der Waals surface area (Å²) in [5.41, 5.74) is 5.77. The molecule has 0 radical (unpaired) electrons. The number of amides is 1. The van der Waals surface area contributed by atoms with Gasteiger partial charge in [-0.15, -0.1) is 0 Å². The molecule has 3 nitrogen and oxygen atoms in total. The highest BCUT2D eigenvalue weighted by Gasteiger charge is 2.26. The summed E-state index contributed by atoms with van der Waals surface area (Å²) in [6.45, 7) is 1.63. The number of rotatable bonds is 6. The Kier molecular flexibility index (Phi) is 6.15. The van der Waals surface area contributed by atoms with Crippen molar-refractivity contribution in [3.05, 3.63) is 0 Å². The minimum absolute atomic E-state index is 0.258. The molecule has 2 aliphatic rings. The molecule has 19 heavy (non-hydrogen) atoms. The maximum Gasteiger partial charge on any atom is 0.220 e. The van der Waals surface area contributed by atoms with Crippen molar-refractivity contribution in [3.8, 4) is 0 Å². The molecular formula is C16H30N2O. The van der Waals surface area contributed by atoms with Gasteiger partial charge in [-0.05, 0) is 43.6 Å². The van der Waals surface area contributed by atoms with E-state index in [0.29, 0.717) is 11.8 Å². The van der Waals surface area contributed by atoms with Crippen molar-refractivity contribution in [1.82, 2.24) is 5.32 Å². The van der Waals surface area contributed by atoms with E-state index in [2.05, 4.69) is 5.32 Å². The van der Waals surface area contributed by atoms with E-state index >= 15 is 0 Å². The van der Waals surface area contributed by atoms with Gasteiger partial charge in [-0.1, -0.05) is 38.5 Å². The monoisotopic (exact) mass is 266 g/mol. The third-order valence-electron chi connectivity index (χ3n) is 5.19. The lowest BCUT2D eigenvalue weighted by Gasteiger charge is -2.22. The minimum atomic E-state index is 0.258. The first-order valence-corrected chi connectivity index (χ1v) is 8.26. The molecule has 0 saturated heterocycles. The number of hydrogen-bond donors (Lipinski definition) is 2. The summed E-state index contributed by atoms with van der Waals surface area (Å²) in [7, 11) is 0. The van der Waals surface area contributed by atoms with Crippen molar-refractivity contribution in [2.75, 3.05) is 13.1 Å². The van der Waals surface area contributed by atoms with Gasteiger partial charge in [0, 0.05) is 13.0 Å².